The molecule has 2 N–H and O–H groups in total. The molecule has 0 amide bonds. The lowest BCUT2D eigenvalue weighted by Gasteiger charge is -2.11. The monoisotopic (exact) mass is 565 g/mol. The highest BCUT2D eigenvalue weighted by Crippen LogP contribution is 2.40. The Kier molecular flexibility index (Phi) is 5.38. The van der Waals surface area contributed by atoms with Gasteiger partial charge in [-0.1, -0.05) is 78.9 Å². The molecule has 44 heavy (non-hydrogen) atoms. The van der Waals surface area contributed by atoms with Gasteiger partial charge in [-0.05, 0) is 82.1 Å². The lowest BCUT2D eigenvalue weighted by Crippen LogP contribution is -2.00. The van der Waals surface area contributed by atoms with Crippen molar-refractivity contribution in [2.24, 2.45) is 5.73 Å². The number of para-hydroxylation sites is 2. The van der Waals surface area contributed by atoms with E-state index in [-0.39, 0.29) is 0 Å². The Hall–Kier alpha value is -5.87. The van der Waals surface area contributed by atoms with Crippen molar-refractivity contribution in [2.75, 3.05) is 0 Å². The third-order valence-corrected chi connectivity index (χ3v) is 8.85. The summed E-state index contributed by atoms with van der Waals surface area (Å²) in [4.78, 5) is 4.52. The zero-order valence-corrected chi connectivity index (χ0v) is 23.9. The number of aromatic nitrogens is 2. The van der Waals surface area contributed by atoms with E-state index in [1.807, 2.05) is 30.5 Å². The molecule has 208 valence electrons. The van der Waals surface area contributed by atoms with Crippen LogP contribution in [0.2, 0.25) is 0 Å². The largest absolute Gasteiger partial charge is 0.455 e. The topological polar surface area (TPSA) is 57.0 Å². The molecule has 3 heterocycles. The van der Waals surface area contributed by atoms with Crippen molar-refractivity contribution in [3.8, 4) is 5.69 Å². The first-order valence-electron chi connectivity index (χ1n) is 14.9. The van der Waals surface area contributed by atoms with E-state index in [9.17, 15) is 0 Å². The molecule has 0 unspecified atom stereocenters. The fraction of sp³-hybridized carbons (Fsp3) is 0.0250. The van der Waals surface area contributed by atoms with E-state index < -0.39 is 0 Å². The van der Waals surface area contributed by atoms with Gasteiger partial charge < -0.3 is 14.7 Å². The minimum atomic E-state index is 0.737. The van der Waals surface area contributed by atoms with Crippen molar-refractivity contribution < 1.29 is 4.42 Å². The maximum Gasteiger partial charge on any atom is 0.145 e. The molecule has 0 fully saturated rings. The first-order valence-corrected chi connectivity index (χ1v) is 14.9. The van der Waals surface area contributed by atoms with Gasteiger partial charge in [0.05, 0.1) is 22.1 Å². The maximum atomic E-state index is 6.57. The summed E-state index contributed by atoms with van der Waals surface area (Å²) in [5.41, 5.74) is 17.0. The predicted molar refractivity (Wildman–Crippen MR) is 183 cm³/mol. The molecule has 0 radical (unpaired) electrons. The second-order valence-corrected chi connectivity index (χ2v) is 11.4. The summed E-state index contributed by atoms with van der Waals surface area (Å²) in [6, 6.07) is 38.4. The Labute approximate surface area is 253 Å². The number of hydrogen-bond donors (Lipinski definition) is 1. The molecule has 4 nitrogen and oxygen atoms in total. The van der Waals surface area contributed by atoms with Crippen molar-refractivity contribution in [3.05, 3.63) is 156 Å². The van der Waals surface area contributed by atoms with Gasteiger partial charge in [0.2, 0.25) is 0 Å². The van der Waals surface area contributed by atoms with E-state index in [2.05, 4.69) is 119 Å². The summed E-state index contributed by atoms with van der Waals surface area (Å²) in [6.45, 7) is 0. The van der Waals surface area contributed by atoms with E-state index in [1.165, 1.54) is 16.5 Å². The van der Waals surface area contributed by atoms with Crippen LogP contribution in [0, 0.1) is 0 Å². The summed E-state index contributed by atoms with van der Waals surface area (Å²) >= 11 is 0. The van der Waals surface area contributed by atoms with Gasteiger partial charge >= 0.3 is 0 Å². The molecular weight excluding hydrogens is 538 g/mol. The molecule has 0 atom stereocenters. The van der Waals surface area contributed by atoms with Gasteiger partial charge in [-0.2, -0.15) is 0 Å². The summed E-state index contributed by atoms with van der Waals surface area (Å²) in [5, 5.41) is 6.91. The molecule has 9 rings (SSSR count). The van der Waals surface area contributed by atoms with Crippen LogP contribution in [0.25, 0.3) is 72.0 Å². The Morgan fingerprint density at radius 3 is 2.55 bits per heavy atom. The number of rotatable bonds is 3. The Morgan fingerprint density at radius 1 is 0.750 bits per heavy atom. The lowest BCUT2D eigenvalue weighted by molar-refractivity contribution is 0.673. The fourth-order valence-corrected chi connectivity index (χ4v) is 6.67. The molecule has 0 spiro atoms. The Morgan fingerprint density at radius 2 is 1.59 bits per heavy atom. The molecular formula is C40H27N3O. The maximum absolute atomic E-state index is 6.57. The Balaban J connectivity index is 1.12. The van der Waals surface area contributed by atoms with Crippen molar-refractivity contribution in [1.82, 2.24) is 9.55 Å². The van der Waals surface area contributed by atoms with Gasteiger partial charge in [0, 0.05) is 40.2 Å². The van der Waals surface area contributed by atoms with Crippen molar-refractivity contribution in [3.63, 3.8) is 0 Å². The molecule has 3 aromatic heterocycles. The summed E-state index contributed by atoms with van der Waals surface area (Å²) < 4.78 is 8.80. The molecule has 0 saturated heterocycles. The number of hydrogen-bond acceptors (Lipinski definition) is 3. The van der Waals surface area contributed by atoms with Crippen LogP contribution in [-0.2, 0) is 6.42 Å². The van der Waals surface area contributed by atoms with Crippen LogP contribution in [-0.4, -0.2) is 9.55 Å². The summed E-state index contributed by atoms with van der Waals surface area (Å²) in [6.07, 6.45) is 11.0. The number of nitrogens with zero attached hydrogens (tertiary/aromatic N) is 2. The normalized spacial score (nSPS) is 14.5. The van der Waals surface area contributed by atoms with Crippen LogP contribution in [0.3, 0.4) is 0 Å². The van der Waals surface area contributed by atoms with E-state index in [0.29, 0.717) is 0 Å². The third-order valence-electron chi connectivity index (χ3n) is 8.85. The van der Waals surface area contributed by atoms with E-state index >= 15 is 0 Å². The van der Waals surface area contributed by atoms with Gasteiger partial charge in [0.15, 0.2) is 0 Å². The first-order chi connectivity index (χ1) is 21.7. The minimum absolute atomic E-state index is 0.737. The highest BCUT2D eigenvalue weighted by molar-refractivity contribution is 6.23. The zero-order valence-electron chi connectivity index (χ0n) is 23.9. The van der Waals surface area contributed by atoms with Gasteiger partial charge in [0.25, 0.3) is 0 Å². The molecule has 1 aliphatic rings. The van der Waals surface area contributed by atoms with Crippen molar-refractivity contribution in [2.45, 2.75) is 6.42 Å². The first kappa shape index (κ1) is 24.7. The van der Waals surface area contributed by atoms with Gasteiger partial charge in [0.1, 0.15) is 11.2 Å². The lowest BCUT2D eigenvalue weighted by atomic mass is 9.98. The highest BCUT2D eigenvalue weighted by atomic mass is 16.3. The quantitative estimate of drug-likeness (QED) is 0.232. The van der Waals surface area contributed by atoms with Crippen LogP contribution in [0.5, 0.6) is 0 Å². The van der Waals surface area contributed by atoms with Crippen LogP contribution >= 0.6 is 0 Å². The molecule has 5 aromatic carbocycles. The second-order valence-electron chi connectivity index (χ2n) is 11.4. The second kappa shape index (κ2) is 9.58. The van der Waals surface area contributed by atoms with Gasteiger partial charge in [-0.25, -0.2) is 0 Å². The average Bonchev–Trinajstić information content (AvgIpc) is 3.62. The zero-order chi connectivity index (χ0) is 29.2. The van der Waals surface area contributed by atoms with E-state index in [4.69, 9.17) is 10.2 Å². The summed E-state index contributed by atoms with van der Waals surface area (Å²) in [5.74, 6) is 0. The number of furan rings is 1. The number of allylic oxidation sites excluding steroid dienone is 4. The molecule has 8 aromatic rings. The molecule has 1 aliphatic carbocycles. The Bertz CT molecular complexity index is 2540. The third kappa shape index (κ3) is 3.81. The molecule has 0 bridgehead atoms. The van der Waals surface area contributed by atoms with Crippen LogP contribution in [0.15, 0.2) is 144 Å². The van der Waals surface area contributed by atoms with Crippen LogP contribution in [0.1, 0.15) is 16.8 Å². The summed E-state index contributed by atoms with van der Waals surface area (Å²) in [7, 11) is 0. The minimum Gasteiger partial charge on any atom is -0.455 e. The van der Waals surface area contributed by atoms with Gasteiger partial charge in [-0.15, -0.1) is 0 Å². The number of benzene rings is 5. The van der Waals surface area contributed by atoms with Crippen LogP contribution in [0.4, 0.5) is 0 Å². The number of fused-ring (bicyclic) bond motifs is 9. The van der Waals surface area contributed by atoms with Crippen molar-refractivity contribution in [1.29, 1.82) is 0 Å². The fourth-order valence-electron chi connectivity index (χ4n) is 6.67. The molecule has 0 aliphatic heterocycles. The molecule has 0 saturated carbocycles. The van der Waals surface area contributed by atoms with E-state index in [1.54, 1.807) is 0 Å². The molecule has 4 heteroatoms. The highest BCUT2D eigenvalue weighted by Gasteiger charge is 2.18. The average molecular weight is 566 g/mol. The van der Waals surface area contributed by atoms with E-state index in [0.717, 1.165) is 78.2 Å². The standard InChI is InChI=1S/C40H27N3O/c41-34(19-12-25-11-13-26-6-5-21-42-35(26)22-25)29-15-14-28-24-30(17-16-27(28)23-29)43-36-9-3-1-8-33(36)39-37(43)20-18-32-31-7-2-4-10-38(31)44-40(32)39/h1-21,23-24H,22,41H2/b25-12-,34-19-. The van der Waals surface area contributed by atoms with Crippen LogP contribution < -0.4 is 5.73 Å². The number of nitrogens with two attached hydrogens (primary N) is 1. The number of pyridine rings is 1. The smallest absolute Gasteiger partial charge is 0.145 e. The van der Waals surface area contributed by atoms with Crippen molar-refractivity contribution >= 4 is 66.3 Å². The predicted octanol–water partition coefficient (Wildman–Crippen LogP) is 9.73. The van der Waals surface area contributed by atoms with Gasteiger partial charge in [-0.3, -0.25) is 4.98 Å². The SMILES string of the molecule is N/C(=C\C=C1\C=Cc2cccnc2C1)c1ccc2cc(-n3c4ccccc4c4c5oc6ccccc6c5ccc43)ccc2c1.